The maximum Gasteiger partial charge on any atom is 0.323 e. The second-order valence-corrected chi connectivity index (χ2v) is 11.4. The zero-order chi connectivity index (χ0) is 35.4. The number of ether oxygens (including phenoxy) is 4. The molecule has 0 amide bonds. The molecule has 50 heavy (non-hydrogen) atoms. The monoisotopic (exact) mass is 682 g/mol. The van der Waals surface area contributed by atoms with Crippen molar-refractivity contribution in [2.24, 2.45) is 0 Å². The van der Waals surface area contributed by atoms with Crippen LogP contribution in [0.15, 0.2) is 121 Å². The molecule has 0 radical (unpaired) electrons. The first kappa shape index (κ1) is 37.5. The van der Waals surface area contributed by atoms with Gasteiger partial charge in [0.05, 0.1) is 0 Å². The van der Waals surface area contributed by atoms with E-state index in [0.717, 1.165) is 22.3 Å². The number of carbonyl (C=O) groups is 4. The van der Waals surface area contributed by atoms with Crippen molar-refractivity contribution in [1.29, 1.82) is 0 Å². The molecule has 4 aromatic carbocycles. The fourth-order valence-electron chi connectivity index (χ4n) is 4.77. The van der Waals surface area contributed by atoms with Gasteiger partial charge in [-0.3, -0.25) is 29.8 Å². The summed E-state index contributed by atoms with van der Waals surface area (Å²) in [4.78, 5) is 51.5. The molecule has 0 spiro atoms. The van der Waals surface area contributed by atoms with Gasteiger partial charge in [-0.25, -0.2) is 0 Å². The highest BCUT2D eigenvalue weighted by Crippen LogP contribution is 2.11. The predicted octanol–water partition coefficient (Wildman–Crippen LogP) is 4.71. The Kier molecular flexibility index (Phi) is 15.6. The lowest BCUT2D eigenvalue weighted by Gasteiger charge is -2.25. The van der Waals surface area contributed by atoms with E-state index in [2.05, 4.69) is 10.6 Å². The maximum atomic E-state index is 13.2. The third-order valence-electron chi connectivity index (χ3n) is 7.49. The van der Waals surface area contributed by atoms with E-state index in [1.807, 2.05) is 97.1 Å². The van der Waals surface area contributed by atoms with Crippen LogP contribution in [0.4, 0.5) is 0 Å². The van der Waals surface area contributed by atoms with Crippen molar-refractivity contribution in [3.63, 3.8) is 0 Å². The van der Waals surface area contributed by atoms with E-state index in [1.165, 1.54) is 0 Å². The second kappa shape index (κ2) is 20.9. The molecule has 0 heterocycles. The first-order valence-corrected chi connectivity index (χ1v) is 16.4. The summed E-state index contributed by atoms with van der Waals surface area (Å²) in [6.07, 6.45) is -2.11. The number of aliphatic hydroxyl groups is 1. The van der Waals surface area contributed by atoms with Gasteiger partial charge in [0.2, 0.25) is 0 Å². The van der Waals surface area contributed by atoms with Crippen molar-refractivity contribution >= 4 is 23.9 Å². The lowest BCUT2D eigenvalue weighted by Crippen LogP contribution is -2.55. The number of hydrogen-bond acceptors (Lipinski definition) is 11. The summed E-state index contributed by atoms with van der Waals surface area (Å²) in [5.74, 6) is -2.54. The summed E-state index contributed by atoms with van der Waals surface area (Å²) in [6, 6.07) is 34.1. The number of esters is 4. The van der Waals surface area contributed by atoms with Crippen LogP contribution in [0, 0.1) is 0 Å². The molecule has 2 unspecified atom stereocenters. The Hall–Kier alpha value is -5.36. The molecule has 0 saturated heterocycles. The highest BCUT2D eigenvalue weighted by molar-refractivity contribution is 5.78. The Labute approximate surface area is 291 Å². The van der Waals surface area contributed by atoms with Crippen molar-refractivity contribution in [1.82, 2.24) is 10.6 Å². The number of aliphatic hydroxyl groups excluding tert-OH is 1. The van der Waals surface area contributed by atoms with Crippen LogP contribution in [0.3, 0.4) is 0 Å². The average molecular weight is 683 g/mol. The van der Waals surface area contributed by atoms with Gasteiger partial charge in [-0.1, -0.05) is 121 Å². The van der Waals surface area contributed by atoms with Crippen molar-refractivity contribution in [2.45, 2.75) is 70.5 Å². The summed E-state index contributed by atoms with van der Waals surface area (Å²) in [6.45, 7) is 0.0840. The molecule has 2 atom stereocenters. The van der Waals surface area contributed by atoms with E-state index in [0.29, 0.717) is 0 Å². The normalized spacial score (nSPS) is 12.6. The summed E-state index contributed by atoms with van der Waals surface area (Å²) in [5, 5.41) is 16.5. The van der Waals surface area contributed by atoms with Crippen LogP contribution in [0.5, 0.6) is 0 Å². The van der Waals surface area contributed by atoms with Gasteiger partial charge in [0.25, 0.3) is 0 Å². The standard InChI is InChI=1S/C39H42N2O9/c42-35(47-25-29-13-5-1-6-14-29)23-21-33(37(44)49-27-31-17-9-3-10-18-31)40-39(46)41-34(38(45)50-28-32-19-11-4-12-20-32)22-24-36(43)48-26-30-15-7-2-8-16-30/h1-20,33-34,39-41,46H,21-28H2. The van der Waals surface area contributed by atoms with Crippen LogP contribution in [0.25, 0.3) is 0 Å². The zero-order valence-electron chi connectivity index (χ0n) is 27.6. The topological polar surface area (TPSA) is 149 Å². The third-order valence-corrected chi connectivity index (χ3v) is 7.49. The van der Waals surface area contributed by atoms with Crippen LogP contribution in [-0.2, 0) is 64.6 Å². The summed E-state index contributed by atoms with van der Waals surface area (Å²) in [7, 11) is 0. The SMILES string of the molecule is O=C(CCC(NC(O)NC(CCC(=O)OCc1ccccc1)C(=O)OCc1ccccc1)C(=O)OCc1ccccc1)OCc1ccccc1. The van der Waals surface area contributed by atoms with Crippen LogP contribution in [0.2, 0.25) is 0 Å². The van der Waals surface area contributed by atoms with Gasteiger partial charge in [-0.2, -0.15) is 0 Å². The van der Waals surface area contributed by atoms with E-state index in [-0.39, 0.29) is 52.1 Å². The second-order valence-electron chi connectivity index (χ2n) is 11.4. The number of benzene rings is 4. The van der Waals surface area contributed by atoms with Crippen molar-refractivity contribution in [2.75, 3.05) is 0 Å². The summed E-state index contributed by atoms with van der Waals surface area (Å²) in [5.41, 5.74) is 3.12. The molecule has 11 heteroatoms. The van der Waals surface area contributed by atoms with Gasteiger partial charge >= 0.3 is 23.9 Å². The summed E-state index contributed by atoms with van der Waals surface area (Å²) >= 11 is 0. The molecule has 0 aliphatic carbocycles. The predicted molar refractivity (Wildman–Crippen MR) is 183 cm³/mol. The third kappa shape index (κ3) is 14.0. The highest BCUT2D eigenvalue weighted by Gasteiger charge is 2.28. The Morgan fingerprint density at radius 2 is 0.740 bits per heavy atom. The van der Waals surface area contributed by atoms with Crippen LogP contribution in [0.1, 0.15) is 47.9 Å². The molecule has 3 N–H and O–H groups in total. The molecule has 4 aromatic rings. The Bertz CT molecular complexity index is 1490. The van der Waals surface area contributed by atoms with Crippen molar-refractivity contribution < 1.29 is 43.2 Å². The minimum absolute atomic E-state index is 0.0284. The Balaban J connectivity index is 1.37. The lowest BCUT2D eigenvalue weighted by molar-refractivity contribution is -0.151. The molecule has 0 saturated carbocycles. The van der Waals surface area contributed by atoms with Gasteiger partial charge in [0, 0.05) is 12.8 Å². The Morgan fingerprint density at radius 1 is 0.460 bits per heavy atom. The molecule has 0 aliphatic rings. The van der Waals surface area contributed by atoms with Crippen LogP contribution >= 0.6 is 0 Å². The molecular formula is C39H42N2O9. The van der Waals surface area contributed by atoms with Gasteiger partial charge in [0.15, 0.2) is 6.35 Å². The fraction of sp³-hybridized carbons (Fsp3) is 0.282. The highest BCUT2D eigenvalue weighted by atomic mass is 16.5. The molecule has 262 valence electrons. The van der Waals surface area contributed by atoms with Gasteiger partial charge in [-0.05, 0) is 35.1 Å². The molecule has 4 rings (SSSR count). The van der Waals surface area contributed by atoms with Gasteiger partial charge in [0.1, 0.15) is 38.5 Å². The minimum atomic E-state index is -1.64. The van der Waals surface area contributed by atoms with E-state index < -0.39 is 42.3 Å². The van der Waals surface area contributed by atoms with E-state index in [9.17, 15) is 24.3 Å². The van der Waals surface area contributed by atoms with Gasteiger partial charge in [-0.15, -0.1) is 0 Å². The van der Waals surface area contributed by atoms with Crippen molar-refractivity contribution in [3.8, 4) is 0 Å². The van der Waals surface area contributed by atoms with E-state index in [4.69, 9.17) is 18.9 Å². The van der Waals surface area contributed by atoms with E-state index >= 15 is 0 Å². The van der Waals surface area contributed by atoms with Crippen LogP contribution in [-0.4, -0.2) is 47.4 Å². The molecule has 0 bridgehead atoms. The molecular weight excluding hydrogens is 640 g/mol. The quantitative estimate of drug-likeness (QED) is 0.0676. The Morgan fingerprint density at radius 3 is 1.04 bits per heavy atom. The number of carbonyl (C=O) groups excluding carboxylic acids is 4. The summed E-state index contributed by atoms with van der Waals surface area (Å²) < 4.78 is 21.7. The largest absolute Gasteiger partial charge is 0.461 e. The first-order valence-electron chi connectivity index (χ1n) is 16.4. The molecule has 0 fully saturated rings. The maximum absolute atomic E-state index is 13.2. The number of hydrogen-bond donors (Lipinski definition) is 3. The lowest BCUT2D eigenvalue weighted by atomic mass is 10.1. The van der Waals surface area contributed by atoms with Crippen molar-refractivity contribution in [3.05, 3.63) is 144 Å². The average Bonchev–Trinajstić information content (AvgIpc) is 3.16. The molecule has 11 nitrogen and oxygen atoms in total. The van der Waals surface area contributed by atoms with E-state index in [1.54, 1.807) is 24.3 Å². The first-order chi connectivity index (χ1) is 24.4. The molecule has 0 aromatic heterocycles. The van der Waals surface area contributed by atoms with Crippen LogP contribution < -0.4 is 10.6 Å². The number of nitrogens with one attached hydrogen (secondary N) is 2. The smallest absolute Gasteiger partial charge is 0.323 e. The minimum Gasteiger partial charge on any atom is -0.461 e. The zero-order valence-corrected chi connectivity index (χ0v) is 27.6. The fourth-order valence-corrected chi connectivity index (χ4v) is 4.77. The molecule has 0 aliphatic heterocycles. The van der Waals surface area contributed by atoms with Gasteiger partial charge < -0.3 is 24.1 Å². The number of rotatable bonds is 20.